The molecule has 0 saturated carbocycles. The topological polar surface area (TPSA) is 70.2 Å². The number of carbonyl (C=O) groups excluding carboxylic acids is 2. The first-order chi connectivity index (χ1) is 9.39. The molecule has 0 radical (unpaired) electrons. The van der Waals surface area contributed by atoms with Crippen LogP contribution in [-0.4, -0.2) is 23.9 Å². The molecule has 20 heavy (non-hydrogen) atoms. The van der Waals surface area contributed by atoms with Gasteiger partial charge in [-0.15, -0.1) is 0 Å². The Hall–Kier alpha value is -1.88. The van der Waals surface area contributed by atoms with Crippen LogP contribution in [0.1, 0.15) is 34.1 Å². The Morgan fingerprint density at radius 3 is 1.95 bits per heavy atom. The standard InChI is InChI=1S/C15H23N3O2/c1-5-13(19)17-11-7-9-12(10-8-11)18-14(20)15(3,4)16-6-2/h7-10,16H,5-6H2,1-4H3,(H,17,19)(H,18,20). The molecular formula is C15H23N3O2. The molecule has 0 aromatic heterocycles. The number of carbonyl (C=O) groups is 2. The summed E-state index contributed by atoms with van der Waals surface area (Å²) in [7, 11) is 0. The van der Waals surface area contributed by atoms with Crippen LogP contribution in [0.5, 0.6) is 0 Å². The first-order valence-corrected chi connectivity index (χ1v) is 6.85. The molecule has 0 unspecified atom stereocenters. The molecule has 3 N–H and O–H groups in total. The highest BCUT2D eigenvalue weighted by molar-refractivity contribution is 5.98. The molecule has 2 amide bonds. The second kappa shape index (κ2) is 7.05. The van der Waals surface area contributed by atoms with Crippen LogP contribution in [0.15, 0.2) is 24.3 Å². The van der Waals surface area contributed by atoms with Gasteiger partial charge in [0.05, 0.1) is 5.54 Å². The van der Waals surface area contributed by atoms with E-state index in [2.05, 4.69) is 16.0 Å². The number of anilines is 2. The van der Waals surface area contributed by atoms with Gasteiger partial charge >= 0.3 is 0 Å². The zero-order valence-electron chi connectivity index (χ0n) is 12.5. The van der Waals surface area contributed by atoms with E-state index < -0.39 is 5.54 Å². The van der Waals surface area contributed by atoms with Gasteiger partial charge in [0.1, 0.15) is 0 Å². The maximum atomic E-state index is 12.1. The monoisotopic (exact) mass is 277 g/mol. The van der Waals surface area contributed by atoms with Gasteiger partial charge in [0, 0.05) is 17.8 Å². The van der Waals surface area contributed by atoms with Crippen molar-refractivity contribution in [2.24, 2.45) is 0 Å². The minimum absolute atomic E-state index is 0.0323. The second-order valence-electron chi connectivity index (χ2n) is 5.09. The Kier molecular flexibility index (Phi) is 5.70. The predicted octanol–water partition coefficient (Wildman–Crippen LogP) is 2.36. The molecule has 0 heterocycles. The molecule has 0 fully saturated rings. The molecule has 0 atom stereocenters. The SMILES string of the molecule is CCNC(C)(C)C(=O)Nc1ccc(NC(=O)CC)cc1. The summed E-state index contributed by atoms with van der Waals surface area (Å²) in [4.78, 5) is 23.3. The van der Waals surface area contributed by atoms with Crippen molar-refractivity contribution in [1.29, 1.82) is 0 Å². The predicted molar refractivity (Wildman–Crippen MR) is 81.7 cm³/mol. The highest BCUT2D eigenvalue weighted by atomic mass is 16.2. The van der Waals surface area contributed by atoms with Gasteiger partial charge in [-0.05, 0) is 44.7 Å². The van der Waals surface area contributed by atoms with E-state index in [9.17, 15) is 9.59 Å². The molecule has 0 bridgehead atoms. The molecule has 1 aromatic carbocycles. The van der Waals surface area contributed by atoms with Gasteiger partial charge in [-0.2, -0.15) is 0 Å². The van der Waals surface area contributed by atoms with Gasteiger partial charge in [0.2, 0.25) is 11.8 Å². The van der Waals surface area contributed by atoms with Crippen LogP contribution in [-0.2, 0) is 9.59 Å². The molecule has 110 valence electrons. The van der Waals surface area contributed by atoms with Gasteiger partial charge in [0.25, 0.3) is 0 Å². The normalized spacial score (nSPS) is 11.0. The van der Waals surface area contributed by atoms with Crippen molar-refractivity contribution in [2.75, 3.05) is 17.2 Å². The van der Waals surface area contributed by atoms with Crippen LogP contribution in [0.4, 0.5) is 11.4 Å². The second-order valence-corrected chi connectivity index (χ2v) is 5.09. The first-order valence-electron chi connectivity index (χ1n) is 6.85. The number of nitrogens with one attached hydrogen (secondary N) is 3. The summed E-state index contributed by atoms with van der Waals surface area (Å²) in [5.41, 5.74) is 0.806. The molecule has 0 spiro atoms. The van der Waals surface area contributed by atoms with E-state index in [1.807, 2.05) is 20.8 Å². The Morgan fingerprint density at radius 2 is 1.50 bits per heavy atom. The lowest BCUT2D eigenvalue weighted by atomic mass is 10.0. The van der Waals surface area contributed by atoms with E-state index in [0.717, 1.165) is 12.2 Å². The maximum absolute atomic E-state index is 12.1. The van der Waals surface area contributed by atoms with Crippen molar-refractivity contribution in [1.82, 2.24) is 5.32 Å². The van der Waals surface area contributed by atoms with Crippen LogP contribution in [0, 0.1) is 0 Å². The van der Waals surface area contributed by atoms with Gasteiger partial charge in [-0.3, -0.25) is 9.59 Å². The third-order valence-corrected chi connectivity index (χ3v) is 2.93. The van der Waals surface area contributed by atoms with Gasteiger partial charge in [-0.1, -0.05) is 13.8 Å². The zero-order chi connectivity index (χ0) is 15.2. The maximum Gasteiger partial charge on any atom is 0.244 e. The van der Waals surface area contributed by atoms with Gasteiger partial charge in [0.15, 0.2) is 0 Å². The third kappa shape index (κ3) is 4.66. The Morgan fingerprint density at radius 1 is 1.00 bits per heavy atom. The summed E-state index contributed by atoms with van der Waals surface area (Å²) in [6.07, 6.45) is 0.440. The van der Waals surface area contributed by atoms with E-state index in [-0.39, 0.29) is 11.8 Å². The van der Waals surface area contributed by atoms with E-state index in [0.29, 0.717) is 12.1 Å². The minimum Gasteiger partial charge on any atom is -0.326 e. The molecule has 0 aliphatic heterocycles. The van der Waals surface area contributed by atoms with Gasteiger partial charge in [-0.25, -0.2) is 0 Å². The van der Waals surface area contributed by atoms with Crippen molar-refractivity contribution in [3.05, 3.63) is 24.3 Å². The third-order valence-electron chi connectivity index (χ3n) is 2.93. The molecule has 5 heteroatoms. The van der Waals surface area contributed by atoms with E-state index in [1.165, 1.54) is 0 Å². The van der Waals surface area contributed by atoms with Crippen molar-refractivity contribution in [3.8, 4) is 0 Å². The fourth-order valence-electron chi connectivity index (χ4n) is 1.70. The molecule has 5 nitrogen and oxygen atoms in total. The molecular weight excluding hydrogens is 254 g/mol. The van der Waals surface area contributed by atoms with Crippen molar-refractivity contribution >= 4 is 23.2 Å². The fourth-order valence-corrected chi connectivity index (χ4v) is 1.70. The number of hydrogen-bond donors (Lipinski definition) is 3. The van der Waals surface area contributed by atoms with E-state index in [4.69, 9.17) is 0 Å². The van der Waals surface area contributed by atoms with E-state index >= 15 is 0 Å². The number of benzene rings is 1. The lowest BCUT2D eigenvalue weighted by molar-refractivity contribution is -0.121. The fraction of sp³-hybridized carbons (Fsp3) is 0.467. The highest BCUT2D eigenvalue weighted by Gasteiger charge is 2.25. The lowest BCUT2D eigenvalue weighted by Gasteiger charge is -2.24. The summed E-state index contributed by atoms with van der Waals surface area (Å²) >= 11 is 0. The summed E-state index contributed by atoms with van der Waals surface area (Å²) < 4.78 is 0. The lowest BCUT2D eigenvalue weighted by Crippen LogP contribution is -2.49. The number of likely N-dealkylation sites (N-methyl/N-ethyl adjacent to an activating group) is 1. The van der Waals surface area contributed by atoms with Crippen LogP contribution >= 0.6 is 0 Å². The quantitative estimate of drug-likeness (QED) is 0.747. The average molecular weight is 277 g/mol. The zero-order valence-corrected chi connectivity index (χ0v) is 12.5. The molecule has 0 aliphatic carbocycles. The van der Waals surface area contributed by atoms with Gasteiger partial charge < -0.3 is 16.0 Å². The number of amides is 2. The van der Waals surface area contributed by atoms with Crippen LogP contribution in [0.2, 0.25) is 0 Å². The van der Waals surface area contributed by atoms with Crippen molar-refractivity contribution < 1.29 is 9.59 Å². The summed E-state index contributed by atoms with van der Waals surface area (Å²) in [6, 6.07) is 7.07. The summed E-state index contributed by atoms with van der Waals surface area (Å²) in [5, 5.41) is 8.72. The average Bonchev–Trinajstić information content (AvgIpc) is 2.40. The Bertz CT molecular complexity index is 467. The Balaban J connectivity index is 2.66. The molecule has 1 rings (SSSR count). The van der Waals surface area contributed by atoms with Crippen LogP contribution in [0.3, 0.4) is 0 Å². The van der Waals surface area contributed by atoms with Crippen LogP contribution < -0.4 is 16.0 Å². The summed E-state index contributed by atoms with van der Waals surface area (Å²) in [5.74, 6) is -0.125. The van der Waals surface area contributed by atoms with Crippen molar-refractivity contribution in [3.63, 3.8) is 0 Å². The van der Waals surface area contributed by atoms with E-state index in [1.54, 1.807) is 31.2 Å². The molecule has 1 aromatic rings. The summed E-state index contributed by atoms with van der Waals surface area (Å²) in [6.45, 7) is 8.15. The van der Waals surface area contributed by atoms with Crippen LogP contribution in [0.25, 0.3) is 0 Å². The van der Waals surface area contributed by atoms with Crippen molar-refractivity contribution in [2.45, 2.75) is 39.7 Å². The Labute approximate surface area is 120 Å². The highest BCUT2D eigenvalue weighted by Crippen LogP contribution is 2.15. The largest absolute Gasteiger partial charge is 0.326 e. The first kappa shape index (κ1) is 16.2. The molecule has 0 aliphatic rings. The number of hydrogen-bond acceptors (Lipinski definition) is 3. The molecule has 0 saturated heterocycles. The smallest absolute Gasteiger partial charge is 0.244 e. The minimum atomic E-state index is -0.621. The number of rotatable bonds is 6.